The van der Waals surface area contributed by atoms with Crippen molar-refractivity contribution in [2.75, 3.05) is 11.5 Å². The summed E-state index contributed by atoms with van der Waals surface area (Å²) in [4.78, 5) is 0. The average Bonchev–Trinajstić information content (AvgIpc) is 2.56. The molecule has 0 aliphatic carbocycles. The maximum atomic E-state index is 13.3. The van der Waals surface area contributed by atoms with Crippen molar-refractivity contribution < 1.29 is 17.2 Å². The Bertz CT molecular complexity index is 580. The summed E-state index contributed by atoms with van der Waals surface area (Å²) in [5.74, 6) is 0.192. The van der Waals surface area contributed by atoms with E-state index in [4.69, 9.17) is 11.6 Å². The van der Waals surface area contributed by atoms with Gasteiger partial charge in [0.2, 0.25) is 0 Å². The molecule has 0 bridgehead atoms. The van der Waals surface area contributed by atoms with Gasteiger partial charge in [-0.3, -0.25) is 0 Å². The molecule has 3 nitrogen and oxygen atoms in total. The molecule has 21 heavy (non-hydrogen) atoms. The molecule has 1 fully saturated rings. The highest BCUT2D eigenvalue weighted by Gasteiger charge is 2.28. The van der Waals surface area contributed by atoms with Crippen LogP contribution in [-0.2, 0) is 9.84 Å². The number of hydrogen-bond donors (Lipinski definition) is 1. The normalized spacial score (nSPS) is 23.7. The van der Waals surface area contributed by atoms with Gasteiger partial charge in [0.15, 0.2) is 0 Å². The molecule has 1 aromatic rings. The van der Waals surface area contributed by atoms with Crippen molar-refractivity contribution in [3.8, 4) is 0 Å². The highest BCUT2D eigenvalue weighted by molar-refractivity contribution is 7.91. The summed E-state index contributed by atoms with van der Waals surface area (Å²) >= 11 is 5.85. The molecular weight excluding hydrogens is 320 g/mol. The Balaban J connectivity index is 2.10. The first-order valence-electron chi connectivity index (χ1n) is 6.87. The minimum atomic E-state index is -3.03. The molecule has 0 aromatic heterocycles. The topological polar surface area (TPSA) is 46.2 Å². The maximum absolute atomic E-state index is 13.3. The molecule has 0 saturated carbocycles. The fourth-order valence-corrected chi connectivity index (χ4v) is 4.21. The second-order valence-electron chi connectivity index (χ2n) is 5.31. The molecule has 2 atom stereocenters. The molecule has 2 rings (SSSR count). The third-order valence-corrected chi connectivity index (χ3v) is 5.66. The Morgan fingerprint density at radius 3 is 2.67 bits per heavy atom. The van der Waals surface area contributed by atoms with Gasteiger partial charge in [0.05, 0.1) is 17.5 Å². The number of benzene rings is 1. The van der Waals surface area contributed by atoms with Gasteiger partial charge in [0.25, 0.3) is 6.43 Å². The van der Waals surface area contributed by atoms with Crippen LogP contribution in [0.15, 0.2) is 24.3 Å². The lowest BCUT2D eigenvalue weighted by Gasteiger charge is -2.24. The van der Waals surface area contributed by atoms with Gasteiger partial charge < -0.3 is 5.32 Å². The molecule has 1 aliphatic rings. The smallest absolute Gasteiger partial charge is 0.257 e. The van der Waals surface area contributed by atoms with Crippen LogP contribution < -0.4 is 5.32 Å². The third-order valence-electron chi connectivity index (χ3n) is 3.66. The van der Waals surface area contributed by atoms with Crippen LogP contribution in [0.4, 0.5) is 8.78 Å². The molecule has 1 aromatic carbocycles. The lowest BCUT2D eigenvalue weighted by molar-refractivity contribution is 0.0908. The predicted molar refractivity (Wildman–Crippen MR) is 79.6 cm³/mol. The van der Waals surface area contributed by atoms with Crippen LogP contribution >= 0.6 is 11.6 Å². The van der Waals surface area contributed by atoms with E-state index in [0.29, 0.717) is 29.8 Å². The first-order chi connectivity index (χ1) is 9.87. The van der Waals surface area contributed by atoms with Gasteiger partial charge >= 0.3 is 0 Å². The van der Waals surface area contributed by atoms with E-state index in [9.17, 15) is 17.2 Å². The summed E-state index contributed by atoms with van der Waals surface area (Å²) in [6.07, 6.45) is -1.12. The average molecular weight is 338 g/mol. The Morgan fingerprint density at radius 2 is 2.00 bits per heavy atom. The number of halogens is 3. The van der Waals surface area contributed by atoms with Gasteiger partial charge in [-0.2, -0.15) is 0 Å². The first-order valence-corrected chi connectivity index (χ1v) is 9.07. The number of rotatable bonds is 4. The molecule has 0 radical (unpaired) electrons. The number of hydrogen-bond acceptors (Lipinski definition) is 3. The minimum absolute atomic E-state index is 0.0518. The lowest BCUT2D eigenvalue weighted by Crippen LogP contribution is -2.36. The fraction of sp³-hybridized carbons (Fsp3) is 0.571. The zero-order chi connectivity index (χ0) is 15.5. The predicted octanol–water partition coefficient (Wildman–Crippen LogP) is 3.20. The standard InChI is InChI=1S/C14H18ClF2NO2S/c15-11-4-1-3-10(9-11)13(14(16)17)18-12-5-2-7-21(19,20)8-6-12/h1,3-4,9,12-14,18H,2,5-8H2. The van der Waals surface area contributed by atoms with Gasteiger partial charge in [-0.05, 0) is 37.0 Å². The molecule has 0 amide bonds. The minimum Gasteiger partial charge on any atom is -0.302 e. The Labute approximate surface area is 128 Å². The summed E-state index contributed by atoms with van der Waals surface area (Å²) in [5.41, 5.74) is 0.421. The maximum Gasteiger partial charge on any atom is 0.257 e. The number of sulfone groups is 1. The van der Waals surface area contributed by atoms with E-state index in [2.05, 4.69) is 5.32 Å². The van der Waals surface area contributed by atoms with Crippen molar-refractivity contribution in [2.24, 2.45) is 0 Å². The van der Waals surface area contributed by atoms with E-state index in [0.717, 1.165) is 0 Å². The number of alkyl halides is 2. The van der Waals surface area contributed by atoms with Gasteiger partial charge in [-0.1, -0.05) is 23.7 Å². The largest absolute Gasteiger partial charge is 0.302 e. The van der Waals surface area contributed by atoms with Crippen molar-refractivity contribution in [3.05, 3.63) is 34.9 Å². The highest BCUT2D eigenvalue weighted by atomic mass is 35.5. The van der Waals surface area contributed by atoms with Gasteiger partial charge in [0.1, 0.15) is 9.84 Å². The molecule has 2 unspecified atom stereocenters. The molecule has 118 valence electrons. The lowest BCUT2D eigenvalue weighted by atomic mass is 10.0. The molecule has 1 heterocycles. The van der Waals surface area contributed by atoms with E-state index in [1.54, 1.807) is 18.2 Å². The van der Waals surface area contributed by atoms with Crippen molar-refractivity contribution in [3.63, 3.8) is 0 Å². The van der Waals surface area contributed by atoms with Crippen LogP contribution in [0.1, 0.15) is 30.9 Å². The molecule has 1 saturated heterocycles. The van der Waals surface area contributed by atoms with Crippen molar-refractivity contribution in [2.45, 2.75) is 37.8 Å². The van der Waals surface area contributed by atoms with Crippen LogP contribution in [0.3, 0.4) is 0 Å². The van der Waals surface area contributed by atoms with Crippen LogP contribution in [0.25, 0.3) is 0 Å². The van der Waals surface area contributed by atoms with Gasteiger partial charge in [-0.15, -0.1) is 0 Å². The fourth-order valence-electron chi connectivity index (χ4n) is 2.55. The molecule has 0 spiro atoms. The SMILES string of the molecule is O=S1(=O)CCCC(NC(c2cccc(Cl)c2)C(F)F)CC1. The Morgan fingerprint density at radius 1 is 1.24 bits per heavy atom. The summed E-state index contributed by atoms with van der Waals surface area (Å²) in [7, 11) is -3.03. The number of nitrogens with one attached hydrogen (secondary N) is 1. The van der Waals surface area contributed by atoms with Crippen molar-refractivity contribution in [1.29, 1.82) is 0 Å². The third kappa shape index (κ3) is 4.90. The summed E-state index contributed by atoms with van der Waals surface area (Å²) in [6, 6.07) is 5.02. The zero-order valence-corrected chi connectivity index (χ0v) is 13.0. The second kappa shape index (κ2) is 7.03. The van der Waals surface area contributed by atoms with Crippen LogP contribution in [0.2, 0.25) is 5.02 Å². The van der Waals surface area contributed by atoms with Gasteiger partial charge in [-0.25, -0.2) is 17.2 Å². The Hall–Kier alpha value is -0.720. The first kappa shape index (κ1) is 16.6. The zero-order valence-electron chi connectivity index (χ0n) is 11.4. The van der Waals surface area contributed by atoms with E-state index < -0.39 is 22.3 Å². The summed E-state index contributed by atoms with van der Waals surface area (Å²) in [5, 5.41) is 3.31. The molecule has 1 aliphatic heterocycles. The van der Waals surface area contributed by atoms with E-state index in [-0.39, 0.29) is 17.5 Å². The summed E-state index contributed by atoms with van der Waals surface area (Å²) in [6.45, 7) is 0. The van der Waals surface area contributed by atoms with Crippen LogP contribution in [0.5, 0.6) is 0 Å². The van der Waals surface area contributed by atoms with Gasteiger partial charge in [0, 0.05) is 11.1 Å². The van der Waals surface area contributed by atoms with Crippen LogP contribution in [-0.4, -0.2) is 32.4 Å². The van der Waals surface area contributed by atoms with E-state index in [1.807, 2.05) is 0 Å². The molecule has 7 heteroatoms. The monoisotopic (exact) mass is 337 g/mol. The summed E-state index contributed by atoms with van der Waals surface area (Å²) < 4.78 is 49.7. The van der Waals surface area contributed by atoms with Crippen molar-refractivity contribution >= 4 is 21.4 Å². The quantitative estimate of drug-likeness (QED) is 0.917. The van der Waals surface area contributed by atoms with Crippen LogP contribution in [0, 0.1) is 0 Å². The highest BCUT2D eigenvalue weighted by Crippen LogP contribution is 2.25. The molecule has 1 N–H and O–H groups in total. The van der Waals surface area contributed by atoms with E-state index in [1.165, 1.54) is 6.07 Å². The Kier molecular flexibility index (Phi) is 5.57. The second-order valence-corrected chi connectivity index (χ2v) is 8.05. The van der Waals surface area contributed by atoms with E-state index >= 15 is 0 Å². The molecular formula is C14H18ClF2NO2S. The van der Waals surface area contributed by atoms with Crippen molar-refractivity contribution in [1.82, 2.24) is 5.32 Å².